The SMILES string of the molecule is COc1cc(NC(=O)NCc2ccc(-n3ccnc3)cc2)c(OC)cc1Cl. The summed E-state index contributed by atoms with van der Waals surface area (Å²) in [7, 11) is 3.01. The van der Waals surface area contributed by atoms with Crippen molar-refractivity contribution in [2.75, 3.05) is 19.5 Å². The van der Waals surface area contributed by atoms with E-state index in [9.17, 15) is 4.79 Å². The number of imidazole rings is 1. The second-order valence-corrected chi connectivity index (χ2v) is 6.04. The van der Waals surface area contributed by atoms with Crippen LogP contribution in [0.4, 0.5) is 10.5 Å². The Morgan fingerprint density at radius 3 is 2.52 bits per heavy atom. The molecule has 1 aromatic heterocycles. The summed E-state index contributed by atoms with van der Waals surface area (Å²) < 4.78 is 12.3. The number of hydrogen-bond acceptors (Lipinski definition) is 4. The van der Waals surface area contributed by atoms with Crippen LogP contribution in [0.2, 0.25) is 5.02 Å². The van der Waals surface area contributed by atoms with Gasteiger partial charge in [0.05, 0.1) is 31.3 Å². The lowest BCUT2D eigenvalue weighted by atomic mass is 10.2. The molecule has 2 amide bonds. The number of nitrogens with one attached hydrogen (secondary N) is 2. The average molecular weight is 387 g/mol. The zero-order valence-electron chi connectivity index (χ0n) is 14.9. The number of ether oxygens (including phenoxy) is 2. The van der Waals surface area contributed by atoms with Gasteiger partial charge in [0.1, 0.15) is 11.5 Å². The fraction of sp³-hybridized carbons (Fsp3) is 0.158. The van der Waals surface area contributed by atoms with Crippen molar-refractivity contribution in [3.8, 4) is 17.2 Å². The number of carbonyl (C=O) groups excluding carboxylic acids is 1. The number of methoxy groups -OCH3 is 2. The summed E-state index contributed by atoms with van der Waals surface area (Å²) in [5, 5.41) is 5.95. The molecule has 0 aliphatic carbocycles. The number of halogens is 1. The van der Waals surface area contributed by atoms with Gasteiger partial charge in [-0.1, -0.05) is 23.7 Å². The minimum absolute atomic E-state index is 0.364. The zero-order chi connectivity index (χ0) is 19.2. The van der Waals surface area contributed by atoms with Crippen LogP contribution in [0, 0.1) is 0 Å². The second kappa shape index (κ2) is 8.46. The van der Waals surface area contributed by atoms with E-state index >= 15 is 0 Å². The van der Waals surface area contributed by atoms with Gasteiger partial charge in [-0.15, -0.1) is 0 Å². The van der Waals surface area contributed by atoms with Crippen LogP contribution in [0.15, 0.2) is 55.1 Å². The highest BCUT2D eigenvalue weighted by molar-refractivity contribution is 6.32. The molecule has 0 fully saturated rings. The molecule has 0 spiro atoms. The molecular formula is C19H19ClN4O3. The summed E-state index contributed by atoms with van der Waals surface area (Å²) >= 11 is 6.07. The minimum Gasteiger partial charge on any atom is -0.495 e. The van der Waals surface area contributed by atoms with E-state index in [1.165, 1.54) is 14.2 Å². The van der Waals surface area contributed by atoms with E-state index < -0.39 is 0 Å². The van der Waals surface area contributed by atoms with Gasteiger partial charge >= 0.3 is 6.03 Å². The first kappa shape index (κ1) is 18.6. The van der Waals surface area contributed by atoms with Crippen molar-refractivity contribution >= 4 is 23.3 Å². The van der Waals surface area contributed by atoms with Crippen LogP contribution >= 0.6 is 11.6 Å². The maximum Gasteiger partial charge on any atom is 0.319 e. The molecule has 0 radical (unpaired) electrons. The minimum atomic E-state index is -0.364. The predicted octanol–water partition coefficient (Wildman–Crippen LogP) is 3.86. The molecule has 7 nitrogen and oxygen atoms in total. The van der Waals surface area contributed by atoms with E-state index in [1.54, 1.807) is 24.7 Å². The molecule has 0 saturated carbocycles. The van der Waals surface area contributed by atoms with Crippen molar-refractivity contribution in [1.29, 1.82) is 0 Å². The third kappa shape index (κ3) is 4.51. The predicted molar refractivity (Wildman–Crippen MR) is 104 cm³/mol. The van der Waals surface area contributed by atoms with Crippen molar-refractivity contribution in [3.63, 3.8) is 0 Å². The number of aromatic nitrogens is 2. The van der Waals surface area contributed by atoms with Gasteiger partial charge in [0.2, 0.25) is 0 Å². The summed E-state index contributed by atoms with van der Waals surface area (Å²) in [5.74, 6) is 0.892. The first-order chi connectivity index (χ1) is 13.1. The lowest BCUT2D eigenvalue weighted by Gasteiger charge is -2.14. The quantitative estimate of drug-likeness (QED) is 0.674. The molecule has 0 aliphatic rings. The van der Waals surface area contributed by atoms with Crippen molar-refractivity contribution in [3.05, 3.63) is 65.7 Å². The van der Waals surface area contributed by atoms with Crippen molar-refractivity contribution in [2.24, 2.45) is 0 Å². The standard InChI is InChI=1S/C19H19ClN4O3/c1-26-17-10-16(18(27-2)9-15(17)20)23-19(25)22-11-13-3-5-14(6-4-13)24-8-7-21-12-24/h3-10,12H,11H2,1-2H3,(H2,22,23,25). The topological polar surface area (TPSA) is 77.4 Å². The largest absolute Gasteiger partial charge is 0.495 e. The van der Waals surface area contributed by atoms with Crippen LogP contribution < -0.4 is 20.1 Å². The number of rotatable bonds is 6. The zero-order valence-corrected chi connectivity index (χ0v) is 15.7. The van der Waals surface area contributed by atoms with Crippen LogP contribution in [0.1, 0.15) is 5.56 Å². The molecule has 3 aromatic rings. The number of urea groups is 1. The van der Waals surface area contributed by atoms with E-state index in [-0.39, 0.29) is 6.03 Å². The Morgan fingerprint density at radius 2 is 1.89 bits per heavy atom. The molecule has 8 heteroatoms. The highest BCUT2D eigenvalue weighted by atomic mass is 35.5. The molecule has 2 N–H and O–H groups in total. The normalized spacial score (nSPS) is 10.3. The first-order valence-corrected chi connectivity index (χ1v) is 8.52. The number of nitrogens with zero attached hydrogens (tertiary/aromatic N) is 2. The molecule has 140 valence electrons. The third-order valence-electron chi connectivity index (χ3n) is 3.91. The molecular weight excluding hydrogens is 368 g/mol. The lowest BCUT2D eigenvalue weighted by Crippen LogP contribution is -2.28. The van der Waals surface area contributed by atoms with Crippen molar-refractivity contribution in [2.45, 2.75) is 6.54 Å². The fourth-order valence-corrected chi connectivity index (χ4v) is 2.74. The summed E-state index contributed by atoms with van der Waals surface area (Å²) in [6.07, 6.45) is 5.32. The Hall–Kier alpha value is -3.19. The first-order valence-electron chi connectivity index (χ1n) is 8.14. The van der Waals surface area contributed by atoms with Crippen molar-refractivity contribution in [1.82, 2.24) is 14.9 Å². The Balaban J connectivity index is 1.61. The van der Waals surface area contributed by atoms with E-state index in [0.29, 0.717) is 28.8 Å². The Bertz CT molecular complexity index is 911. The monoisotopic (exact) mass is 386 g/mol. The fourth-order valence-electron chi connectivity index (χ4n) is 2.50. The van der Waals surface area contributed by atoms with Gasteiger partial charge in [0, 0.05) is 36.8 Å². The van der Waals surface area contributed by atoms with Crippen LogP contribution in [0.25, 0.3) is 5.69 Å². The van der Waals surface area contributed by atoms with E-state index in [4.69, 9.17) is 21.1 Å². The van der Waals surface area contributed by atoms with E-state index in [0.717, 1.165) is 11.3 Å². The highest BCUT2D eigenvalue weighted by Crippen LogP contribution is 2.35. The van der Waals surface area contributed by atoms with E-state index in [1.807, 2.05) is 35.0 Å². The summed E-state index contributed by atoms with van der Waals surface area (Å²) in [5.41, 5.74) is 2.43. The summed E-state index contributed by atoms with van der Waals surface area (Å²) in [6.45, 7) is 0.378. The third-order valence-corrected chi connectivity index (χ3v) is 4.21. The average Bonchev–Trinajstić information content (AvgIpc) is 3.22. The lowest BCUT2D eigenvalue weighted by molar-refractivity contribution is 0.251. The smallest absolute Gasteiger partial charge is 0.319 e. The molecule has 0 atom stereocenters. The molecule has 0 unspecified atom stereocenters. The number of carbonyl (C=O) groups is 1. The van der Waals surface area contributed by atoms with Gasteiger partial charge in [0.15, 0.2) is 0 Å². The Kier molecular flexibility index (Phi) is 5.83. The number of benzene rings is 2. The van der Waals surface area contributed by atoms with Gasteiger partial charge in [-0.2, -0.15) is 0 Å². The molecule has 0 saturated heterocycles. The molecule has 0 aliphatic heterocycles. The van der Waals surface area contributed by atoms with Gasteiger partial charge in [0.25, 0.3) is 0 Å². The Labute approximate surface area is 161 Å². The molecule has 27 heavy (non-hydrogen) atoms. The van der Waals surface area contributed by atoms with Crippen LogP contribution in [0.5, 0.6) is 11.5 Å². The van der Waals surface area contributed by atoms with E-state index in [2.05, 4.69) is 15.6 Å². The summed E-state index contributed by atoms with van der Waals surface area (Å²) in [6, 6.07) is 10.7. The van der Waals surface area contributed by atoms with Crippen LogP contribution in [-0.4, -0.2) is 29.8 Å². The molecule has 0 bridgehead atoms. The maximum absolute atomic E-state index is 12.2. The number of amides is 2. The van der Waals surface area contributed by atoms with Crippen molar-refractivity contribution < 1.29 is 14.3 Å². The van der Waals surface area contributed by atoms with Gasteiger partial charge in [-0.25, -0.2) is 9.78 Å². The van der Waals surface area contributed by atoms with Crippen LogP contribution in [-0.2, 0) is 6.54 Å². The molecule has 1 heterocycles. The summed E-state index contributed by atoms with van der Waals surface area (Å²) in [4.78, 5) is 16.3. The van der Waals surface area contributed by atoms with Gasteiger partial charge in [-0.05, 0) is 17.7 Å². The van der Waals surface area contributed by atoms with Gasteiger partial charge < -0.3 is 24.7 Å². The highest BCUT2D eigenvalue weighted by Gasteiger charge is 2.12. The molecule has 2 aromatic carbocycles. The van der Waals surface area contributed by atoms with Gasteiger partial charge in [-0.3, -0.25) is 0 Å². The number of hydrogen-bond donors (Lipinski definition) is 2. The molecule has 3 rings (SSSR count). The maximum atomic E-state index is 12.2. The van der Waals surface area contributed by atoms with Crippen LogP contribution in [0.3, 0.4) is 0 Å². The second-order valence-electron chi connectivity index (χ2n) is 5.63. The number of anilines is 1. The Morgan fingerprint density at radius 1 is 1.15 bits per heavy atom.